The fourth-order valence-corrected chi connectivity index (χ4v) is 1.87. The van der Waals surface area contributed by atoms with Crippen molar-refractivity contribution in [2.45, 2.75) is 38.6 Å². The van der Waals surface area contributed by atoms with Crippen molar-refractivity contribution in [2.75, 3.05) is 13.7 Å². The van der Waals surface area contributed by atoms with Gasteiger partial charge in [0.05, 0.1) is 7.11 Å². The summed E-state index contributed by atoms with van der Waals surface area (Å²) < 4.78 is 5.34. The molecule has 0 fully saturated rings. The molecular weight excluding hydrogens is 250 g/mol. The topological polar surface area (TPSA) is 55.5 Å². The van der Waals surface area contributed by atoms with Crippen molar-refractivity contribution in [1.29, 1.82) is 0 Å². The van der Waals surface area contributed by atoms with Gasteiger partial charge >= 0.3 is 0 Å². The maximum atomic E-state index is 8.84. The highest BCUT2D eigenvalue weighted by Gasteiger charge is 2.13. The van der Waals surface area contributed by atoms with Crippen LogP contribution in [0.2, 0.25) is 0 Å². The molecule has 3 nitrogen and oxygen atoms in total. The van der Waals surface area contributed by atoms with Gasteiger partial charge in [-0.15, -0.1) is 12.4 Å². The van der Waals surface area contributed by atoms with Gasteiger partial charge in [-0.3, -0.25) is 0 Å². The molecule has 0 unspecified atom stereocenters. The number of hydrogen-bond acceptors (Lipinski definition) is 3. The van der Waals surface area contributed by atoms with Crippen molar-refractivity contribution in [1.82, 2.24) is 0 Å². The highest BCUT2D eigenvalue weighted by atomic mass is 35.5. The molecule has 0 saturated heterocycles. The molecule has 0 bridgehead atoms. The number of aliphatic hydroxyl groups excluding tert-OH is 1. The first-order chi connectivity index (χ1) is 8.10. The second kappa shape index (κ2) is 8.35. The average molecular weight is 274 g/mol. The SMILES string of the molecule is COc1ccc(C(C)C)cc1[C@@H](N)CCCO.Cl. The Morgan fingerprint density at radius 3 is 2.50 bits per heavy atom. The molecule has 104 valence electrons. The molecule has 0 aliphatic rings. The lowest BCUT2D eigenvalue weighted by Gasteiger charge is -2.17. The first kappa shape index (κ1) is 17.2. The van der Waals surface area contributed by atoms with E-state index < -0.39 is 0 Å². The molecule has 3 N–H and O–H groups in total. The first-order valence-corrected chi connectivity index (χ1v) is 6.14. The van der Waals surface area contributed by atoms with Crippen molar-refractivity contribution in [3.8, 4) is 5.75 Å². The highest BCUT2D eigenvalue weighted by Crippen LogP contribution is 2.29. The second-order valence-corrected chi connectivity index (χ2v) is 4.63. The van der Waals surface area contributed by atoms with Crippen LogP contribution in [0.5, 0.6) is 5.75 Å². The zero-order valence-electron chi connectivity index (χ0n) is 11.3. The normalized spacial score (nSPS) is 12.1. The van der Waals surface area contributed by atoms with Crippen LogP contribution in [-0.2, 0) is 0 Å². The molecule has 1 aromatic carbocycles. The number of halogens is 1. The minimum Gasteiger partial charge on any atom is -0.496 e. The number of hydrogen-bond donors (Lipinski definition) is 2. The largest absolute Gasteiger partial charge is 0.496 e. The fourth-order valence-electron chi connectivity index (χ4n) is 1.87. The van der Waals surface area contributed by atoms with Crippen LogP contribution in [-0.4, -0.2) is 18.8 Å². The van der Waals surface area contributed by atoms with Crippen LogP contribution in [0.4, 0.5) is 0 Å². The van der Waals surface area contributed by atoms with E-state index in [0.717, 1.165) is 24.2 Å². The number of rotatable bonds is 6. The van der Waals surface area contributed by atoms with Gasteiger partial charge in [0.25, 0.3) is 0 Å². The Hall–Kier alpha value is -0.770. The van der Waals surface area contributed by atoms with Crippen LogP contribution in [0, 0.1) is 0 Å². The molecule has 0 radical (unpaired) electrons. The van der Waals surface area contributed by atoms with Gasteiger partial charge in [0.1, 0.15) is 5.75 Å². The minimum absolute atomic E-state index is 0. The fraction of sp³-hybridized carbons (Fsp3) is 0.571. The molecule has 1 atom stereocenters. The number of nitrogens with two attached hydrogens (primary N) is 1. The summed E-state index contributed by atoms with van der Waals surface area (Å²) in [6.45, 7) is 4.50. The van der Waals surface area contributed by atoms with Crippen LogP contribution in [0.1, 0.15) is 49.8 Å². The predicted molar refractivity (Wildman–Crippen MR) is 77.6 cm³/mol. The summed E-state index contributed by atoms with van der Waals surface area (Å²) in [5.41, 5.74) is 8.43. The highest BCUT2D eigenvalue weighted by molar-refractivity contribution is 5.85. The van der Waals surface area contributed by atoms with E-state index in [1.807, 2.05) is 6.07 Å². The molecule has 0 amide bonds. The van der Waals surface area contributed by atoms with Crippen LogP contribution < -0.4 is 10.5 Å². The van der Waals surface area contributed by atoms with Gasteiger partial charge in [0, 0.05) is 18.2 Å². The smallest absolute Gasteiger partial charge is 0.123 e. The molecule has 18 heavy (non-hydrogen) atoms. The lowest BCUT2D eigenvalue weighted by Crippen LogP contribution is -2.12. The van der Waals surface area contributed by atoms with E-state index in [0.29, 0.717) is 5.92 Å². The van der Waals surface area contributed by atoms with Gasteiger partial charge in [-0.2, -0.15) is 0 Å². The maximum absolute atomic E-state index is 8.84. The molecular formula is C14H24ClNO2. The number of ether oxygens (including phenoxy) is 1. The molecule has 1 rings (SSSR count). The molecule has 1 aromatic rings. The zero-order chi connectivity index (χ0) is 12.8. The standard InChI is InChI=1S/C14H23NO2.ClH/c1-10(2)11-6-7-14(17-3)12(9-11)13(15)5-4-8-16;/h6-7,9-10,13,16H,4-5,8,15H2,1-3H3;1H/t13-;/m0./s1. The lowest BCUT2D eigenvalue weighted by atomic mass is 9.95. The average Bonchev–Trinajstić information content (AvgIpc) is 2.34. The summed E-state index contributed by atoms with van der Waals surface area (Å²) in [6, 6.07) is 6.09. The molecule has 0 aliphatic carbocycles. The molecule has 0 heterocycles. The van der Waals surface area contributed by atoms with E-state index in [9.17, 15) is 0 Å². The third kappa shape index (κ3) is 4.48. The number of methoxy groups -OCH3 is 1. The van der Waals surface area contributed by atoms with Crippen LogP contribution in [0.3, 0.4) is 0 Å². The summed E-state index contributed by atoms with van der Waals surface area (Å²) in [6.07, 6.45) is 1.49. The minimum atomic E-state index is -0.0733. The molecule has 4 heteroatoms. The van der Waals surface area contributed by atoms with Crippen molar-refractivity contribution in [3.63, 3.8) is 0 Å². The zero-order valence-corrected chi connectivity index (χ0v) is 12.2. The third-order valence-electron chi connectivity index (χ3n) is 2.99. The van der Waals surface area contributed by atoms with Crippen molar-refractivity contribution >= 4 is 12.4 Å². The Bertz CT molecular complexity index is 356. The third-order valence-corrected chi connectivity index (χ3v) is 2.99. The van der Waals surface area contributed by atoms with Gasteiger partial charge < -0.3 is 15.6 Å². The monoisotopic (exact) mass is 273 g/mol. The van der Waals surface area contributed by atoms with Gasteiger partial charge in [-0.1, -0.05) is 26.0 Å². The van der Waals surface area contributed by atoms with E-state index in [4.69, 9.17) is 15.6 Å². The van der Waals surface area contributed by atoms with Gasteiger partial charge in [0.2, 0.25) is 0 Å². The maximum Gasteiger partial charge on any atom is 0.123 e. The van der Waals surface area contributed by atoms with Gasteiger partial charge in [-0.05, 0) is 30.4 Å². The predicted octanol–water partition coefficient (Wildman–Crippen LogP) is 3.01. The summed E-state index contributed by atoms with van der Waals surface area (Å²) in [7, 11) is 1.66. The summed E-state index contributed by atoms with van der Waals surface area (Å²) >= 11 is 0. The number of aliphatic hydroxyl groups is 1. The quantitative estimate of drug-likeness (QED) is 0.838. The second-order valence-electron chi connectivity index (χ2n) is 4.63. The molecule has 0 saturated carbocycles. The van der Waals surface area contributed by atoms with E-state index in [-0.39, 0.29) is 25.1 Å². The Morgan fingerprint density at radius 2 is 2.00 bits per heavy atom. The van der Waals surface area contributed by atoms with Crippen LogP contribution in [0.15, 0.2) is 18.2 Å². The van der Waals surface area contributed by atoms with E-state index in [1.165, 1.54) is 5.56 Å². The van der Waals surface area contributed by atoms with Crippen LogP contribution in [0.25, 0.3) is 0 Å². The Balaban J connectivity index is 0.00000289. The molecule has 0 aliphatic heterocycles. The van der Waals surface area contributed by atoms with Crippen molar-refractivity contribution < 1.29 is 9.84 Å². The summed E-state index contributed by atoms with van der Waals surface area (Å²) in [5, 5.41) is 8.84. The van der Waals surface area contributed by atoms with E-state index in [2.05, 4.69) is 26.0 Å². The Kier molecular flexibility index (Phi) is 8.00. The first-order valence-electron chi connectivity index (χ1n) is 6.14. The Morgan fingerprint density at radius 1 is 1.33 bits per heavy atom. The Labute approximate surface area is 116 Å². The van der Waals surface area contributed by atoms with E-state index >= 15 is 0 Å². The summed E-state index contributed by atoms with van der Waals surface area (Å²) in [5.74, 6) is 1.31. The summed E-state index contributed by atoms with van der Waals surface area (Å²) in [4.78, 5) is 0. The van der Waals surface area contributed by atoms with E-state index in [1.54, 1.807) is 7.11 Å². The van der Waals surface area contributed by atoms with Gasteiger partial charge in [0.15, 0.2) is 0 Å². The van der Waals surface area contributed by atoms with Gasteiger partial charge in [-0.25, -0.2) is 0 Å². The lowest BCUT2D eigenvalue weighted by molar-refractivity contribution is 0.279. The van der Waals surface area contributed by atoms with Crippen molar-refractivity contribution in [3.05, 3.63) is 29.3 Å². The molecule has 0 spiro atoms. The van der Waals surface area contributed by atoms with Crippen molar-refractivity contribution in [2.24, 2.45) is 5.73 Å². The van der Waals surface area contributed by atoms with Crippen LogP contribution >= 0.6 is 12.4 Å². The number of benzene rings is 1. The molecule has 0 aromatic heterocycles.